The van der Waals surface area contributed by atoms with Gasteiger partial charge in [0.2, 0.25) is 0 Å². The van der Waals surface area contributed by atoms with Crippen molar-refractivity contribution in [2.24, 2.45) is 0 Å². The molecule has 0 fully saturated rings. The van der Waals surface area contributed by atoms with Gasteiger partial charge in [0, 0.05) is 20.7 Å². The Morgan fingerprint density at radius 3 is 2.74 bits per heavy atom. The Labute approximate surface area is 128 Å². The summed E-state index contributed by atoms with van der Waals surface area (Å²) >= 11 is 3.81. The van der Waals surface area contributed by atoms with Gasteiger partial charge in [0.15, 0.2) is 11.4 Å². The minimum Gasteiger partial charge on any atom is -0.296 e. The molecular formula is C14H9IN2OS. The van der Waals surface area contributed by atoms with E-state index < -0.39 is 0 Å². The quantitative estimate of drug-likeness (QED) is 0.508. The lowest BCUT2D eigenvalue weighted by Gasteiger charge is -1.99. The standard InChI is InChI=1S/C14H9IN2OS/c15-11-5-3-10(4-6-11)13-9-19-14(16-13)17-7-1-2-12(17)8-18/h1-9H. The number of halogens is 1. The Hall–Kier alpha value is -1.47. The van der Waals surface area contributed by atoms with Crippen molar-refractivity contribution in [2.75, 3.05) is 0 Å². The van der Waals surface area contributed by atoms with Crippen molar-refractivity contribution < 1.29 is 4.79 Å². The van der Waals surface area contributed by atoms with Crippen molar-refractivity contribution in [3.8, 4) is 16.4 Å². The second-order valence-corrected chi connectivity index (χ2v) is 6.03. The van der Waals surface area contributed by atoms with Crippen LogP contribution < -0.4 is 0 Å². The van der Waals surface area contributed by atoms with E-state index in [1.807, 2.05) is 17.6 Å². The van der Waals surface area contributed by atoms with E-state index in [4.69, 9.17) is 0 Å². The average molecular weight is 380 g/mol. The molecule has 0 N–H and O–H groups in total. The van der Waals surface area contributed by atoms with E-state index in [1.165, 1.54) is 14.9 Å². The van der Waals surface area contributed by atoms with Crippen LogP contribution in [0.3, 0.4) is 0 Å². The van der Waals surface area contributed by atoms with Crippen LogP contribution in [0.2, 0.25) is 0 Å². The second kappa shape index (κ2) is 5.26. The summed E-state index contributed by atoms with van der Waals surface area (Å²) in [6, 6.07) is 11.8. The van der Waals surface area contributed by atoms with Crippen molar-refractivity contribution >= 4 is 40.2 Å². The first kappa shape index (κ1) is 12.6. The Morgan fingerprint density at radius 2 is 2.00 bits per heavy atom. The maximum Gasteiger partial charge on any atom is 0.194 e. The van der Waals surface area contributed by atoms with Gasteiger partial charge in [-0.3, -0.25) is 9.36 Å². The van der Waals surface area contributed by atoms with Gasteiger partial charge in [0.05, 0.1) is 11.4 Å². The summed E-state index contributed by atoms with van der Waals surface area (Å²) in [6.07, 6.45) is 2.69. The molecule has 0 amide bonds. The molecule has 0 spiro atoms. The summed E-state index contributed by atoms with van der Waals surface area (Å²) in [5, 5.41) is 2.81. The normalized spacial score (nSPS) is 10.6. The minimum absolute atomic E-state index is 0.614. The minimum atomic E-state index is 0.614. The Balaban J connectivity index is 2.00. The third-order valence-corrected chi connectivity index (χ3v) is 4.30. The fraction of sp³-hybridized carbons (Fsp3) is 0. The van der Waals surface area contributed by atoms with Gasteiger partial charge in [-0.25, -0.2) is 4.98 Å². The second-order valence-electron chi connectivity index (χ2n) is 3.94. The van der Waals surface area contributed by atoms with E-state index in [9.17, 15) is 4.79 Å². The molecule has 0 bridgehead atoms. The van der Waals surface area contributed by atoms with Crippen LogP contribution in [0.15, 0.2) is 48.0 Å². The van der Waals surface area contributed by atoms with Crippen LogP contribution in [-0.2, 0) is 0 Å². The van der Waals surface area contributed by atoms with Gasteiger partial charge >= 0.3 is 0 Å². The summed E-state index contributed by atoms with van der Waals surface area (Å²) in [5.74, 6) is 0. The van der Waals surface area contributed by atoms with Crippen molar-refractivity contribution in [3.05, 3.63) is 57.2 Å². The van der Waals surface area contributed by atoms with E-state index >= 15 is 0 Å². The number of carbonyl (C=O) groups excluding carboxylic acids is 1. The molecular weight excluding hydrogens is 371 g/mol. The first-order chi connectivity index (χ1) is 9.28. The predicted octanol–water partition coefficient (Wildman–Crippen LogP) is 4.02. The molecule has 19 heavy (non-hydrogen) atoms. The molecule has 0 saturated carbocycles. The summed E-state index contributed by atoms with van der Waals surface area (Å²) in [6.45, 7) is 0. The molecule has 0 saturated heterocycles. The Morgan fingerprint density at radius 1 is 1.21 bits per heavy atom. The number of benzene rings is 1. The van der Waals surface area contributed by atoms with Crippen molar-refractivity contribution in [1.82, 2.24) is 9.55 Å². The summed E-state index contributed by atoms with van der Waals surface area (Å²) in [7, 11) is 0. The summed E-state index contributed by atoms with van der Waals surface area (Å²) in [4.78, 5) is 15.5. The van der Waals surface area contributed by atoms with Gasteiger partial charge in [-0.15, -0.1) is 11.3 Å². The maximum atomic E-state index is 10.9. The summed E-state index contributed by atoms with van der Waals surface area (Å²) in [5.41, 5.74) is 2.63. The van der Waals surface area contributed by atoms with Gasteiger partial charge in [-0.1, -0.05) is 12.1 Å². The van der Waals surface area contributed by atoms with Gasteiger partial charge < -0.3 is 0 Å². The zero-order valence-corrected chi connectivity index (χ0v) is 12.8. The number of carbonyl (C=O) groups is 1. The van der Waals surface area contributed by atoms with Crippen LogP contribution in [0.4, 0.5) is 0 Å². The van der Waals surface area contributed by atoms with Crippen LogP contribution >= 0.6 is 33.9 Å². The molecule has 3 nitrogen and oxygen atoms in total. The highest BCUT2D eigenvalue weighted by molar-refractivity contribution is 14.1. The van der Waals surface area contributed by atoms with Gasteiger partial charge in [0.1, 0.15) is 0 Å². The lowest BCUT2D eigenvalue weighted by molar-refractivity contribution is 0.111. The number of aldehydes is 1. The van der Waals surface area contributed by atoms with E-state index in [1.54, 1.807) is 10.6 Å². The van der Waals surface area contributed by atoms with Crippen LogP contribution in [-0.4, -0.2) is 15.8 Å². The molecule has 2 aromatic heterocycles. The monoisotopic (exact) mass is 380 g/mol. The molecule has 3 rings (SSSR count). The Bertz CT molecular complexity index is 715. The van der Waals surface area contributed by atoms with Crippen molar-refractivity contribution in [3.63, 3.8) is 0 Å². The number of hydrogen-bond donors (Lipinski definition) is 0. The first-order valence-corrected chi connectivity index (χ1v) is 7.58. The third-order valence-electron chi connectivity index (χ3n) is 2.74. The van der Waals surface area contributed by atoms with E-state index in [0.29, 0.717) is 5.69 Å². The molecule has 0 aliphatic heterocycles. The average Bonchev–Trinajstić information content (AvgIpc) is 3.07. The molecule has 1 aromatic carbocycles. The molecule has 5 heteroatoms. The van der Waals surface area contributed by atoms with Crippen LogP contribution in [0.25, 0.3) is 16.4 Å². The highest BCUT2D eigenvalue weighted by Crippen LogP contribution is 2.25. The number of rotatable bonds is 3. The van der Waals surface area contributed by atoms with Crippen LogP contribution in [0.5, 0.6) is 0 Å². The molecule has 0 aliphatic rings. The largest absolute Gasteiger partial charge is 0.296 e. The van der Waals surface area contributed by atoms with Crippen LogP contribution in [0, 0.1) is 3.57 Å². The molecule has 0 unspecified atom stereocenters. The van der Waals surface area contributed by atoms with Crippen molar-refractivity contribution in [2.45, 2.75) is 0 Å². The van der Waals surface area contributed by atoms with E-state index in [-0.39, 0.29) is 0 Å². The SMILES string of the molecule is O=Cc1cccn1-c1nc(-c2ccc(I)cc2)cs1. The fourth-order valence-electron chi connectivity index (χ4n) is 1.79. The van der Waals surface area contributed by atoms with Crippen molar-refractivity contribution in [1.29, 1.82) is 0 Å². The molecule has 2 heterocycles. The summed E-state index contributed by atoms with van der Waals surface area (Å²) < 4.78 is 3.00. The molecule has 94 valence electrons. The molecule has 0 aliphatic carbocycles. The molecule has 3 aromatic rings. The zero-order chi connectivity index (χ0) is 13.2. The number of nitrogens with zero attached hydrogens (tertiary/aromatic N) is 2. The first-order valence-electron chi connectivity index (χ1n) is 5.62. The predicted molar refractivity (Wildman–Crippen MR) is 85.0 cm³/mol. The van der Waals surface area contributed by atoms with Gasteiger partial charge in [0.25, 0.3) is 0 Å². The molecule has 0 atom stereocenters. The third kappa shape index (κ3) is 2.48. The van der Waals surface area contributed by atoms with E-state index in [2.05, 4.69) is 51.8 Å². The van der Waals surface area contributed by atoms with Gasteiger partial charge in [-0.05, 0) is 46.9 Å². The highest BCUT2D eigenvalue weighted by atomic mass is 127. The molecule has 0 radical (unpaired) electrons. The van der Waals surface area contributed by atoms with Crippen LogP contribution in [0.1, 0.15) is 10.5 Å². The van der Waals surface area contributed by atoms with Gasteiger partial charge in [-0.2, -0.15) is 0 Å². The smallest absolute Gasteiger partial charge is 0.194 e. The number of hydrogen-bond acceptors (Lipinski definition) is 3. The number of thiazole rings is 1. The highest BCUT2D eigenvalue weighted by Gasteiger charge is 2.08. The van der Waals surface area contributed by atoms with E-state index in [0.717, 1.165) is 22.7 Å². The zero-order valence-electron chi connectivity index (χ0n) is 9.79. The lowest BCUT2D eigenvalue weighted by Crippen LogP contribution is -1.96. The lowest BCUT2D eigenvalue weighted by atomic mass is 10.2. The Kier molecular flexibility index (Phi) is 3.48. The fourth-order valence-corrected chi connectivity index (χ4v) is 2.99. The maximum absolute atomic E-state index is 10.9. The number of aromatic nitrogens is 2. The topological polar surface area (TPSA) is 34.9 Å².